The van der Waals surface area contributed by atoms with Crippen LogP contribution in [0.1, 0.15) is 23.2 Å². The van der Waals surface area contributed by atoms with E-state index in [0.717, 1.165) is 5.69 Å². The fourth-order valence-corrected chi connectivity index (χ4v) is 4.82. The van der Waals surface area contributed by atoms with Crippen LogP contribution in [-0.4, -0.2) is 92.6 Å². The highest BCUT2D eigenvalue weighted by molar-refractivity contribution is 5.98. The Morgan fingerprint density at radius 1 is 0.971 bits per heavy atom. The summed E-state index contributed by atoms with van der Waals surface area (Å²) in [6, 6.07) is 14.9. The smallest absolute Gasteiger partial charge is 0.254 e. The summed E-state index contributed by atoms with van der Waals surface area (Å²) < 4.78 is 10.6. The molecule has 0 saturated carbocycles. The summed E-state index contributed by atoms with van der Waals surface area (Å²) in [5, 5.41) is 0. The minimum Gasteiger partial charge on any atom is -0.497 e. The minimum atomic E-state index is -0.795. The molecule has 2 aromatic rings. The van der Waals surface area contributed by atoms with Crippen molar-refractivity contribution in [3.8, 4) is 11.5 Å². The van der Waals surface area contributed by atoms with Gasteiger partial charge in [0.25, 0.3) is 11.8 Å². The lowest BCUT2D eigenvalue weighted by Crippen LogP contribution is -2.57. The number of piperidine rings is 1. The molecule has 0 unspecified atom stereocenters. The van der Waals surface area contributed by atoms with E-state index in [4.69, 9.17) is 9.47 Å². The van der Waals surface area contributed by atoms with Gasteiger partial charge in [-0.2, -0.15) is 0 Å². The monoisotopic (exact) mass is 480 g/mol. The molecule has 0 bridgehead atoms. The molecule has 0 aromatic heterocycles. The third kappa shape index (κ3) is 4.62. The lowest BCUT2D eigenvalue weighted by molar-refractivity contribution is -0.139. The molecule has 2 heterocycles. The zero-order chi connectivity index (χ0) is 25.2. The first-order chi connectivity index (χ1) is 16.8. The summed E-state index contributed by atoms with van der Waals surface area (Å²) >= 11 is 0. The van der Waals surface area contributed by atoms with E-state index in [1.54, 1.807) is 56.3 Å². The molecule has 186 valence electrons. The Morgan fingerprint density at radius 3 is 2.11 bits per heavy atom. The Morgan fingerprint density at radius 2 is 1.57 bits per heavy atom. The number of carbonyl (C=O) groups is 3. The molecule has 0 radical (unpaired) electrons. The molecular formula is C26H32N4O5. The molecule has 0 atom stereocenters. The van der Waals surface area contributed by atoms with Crippen LogP contribution >= 0.6 is 0 Å². The first kappa shape index (κ1) is 24.4. The van der Waals surface area contributed by atoms with Crippen LogP contribution < -0.4 is 14.4 Å². The molecule has 4 rings (SSSR count). The summed E-state index contributed by atoms with van der Waals surface area (Å²) in [6.07, 6.45) is 0.945. The van der Waals surface area contributed by atoms with E-state index >= 15 is 0 Å². The SMILES string of the molecule is COc1cc(OC)cc(C(=O)N2CCC3(CC2)C(=O)N(CC(=O)N(C)C)CN3c2ccccc2)c1. The molecule has 3 amide bonds. The van der Waals surface area contributed by atoms with Gasteiger partial charge in [-0.05, 0) is 37.1 Å². The molecule has 35 heavy (non-hydrogen) atoms. The van der Waals surface area contributed by atoms with Gasteiger partial charge in [0.1, 0.15) is 23.6 Å². The van der Waals surface area contributed by atoms with E-state index in [2.05, 4.69) is 4.90 Å². The molecule has 2 aliphatic rings. The number of hydrogen-bond acceptors (Lipinski definition) is 6. The second kappa shape index (κ2) is 9.85. The number of rotatable bonds is 6. The summed E-state index contributed by atoms with van der Waals surface area (Å²) in [5.74, 6) is 0.773. The van der Waals surface area contributed by atoms with Crippen LogP contribution in [0.2, 0.25) is 0 Å². The van der Waals surface area contributed by atoms with Gasteiger partial charge >= 0.3 is 0 Å². The first-order valence-electron chi connectivity index (χ1n) is 11.6. The molecule has 2 aromatic carbocycles. The topological polar surface area (TPSA) is 82.6 Å². The van der Waals surface area contributed by atoms with Crippen molar-refractivity contribution in [1.29, 1.82) is 0 Å². The molecule has 1 spiro atoms. The van der Waals surface area contributed by atoms with E-state index in [9.17, 15) is 14.4 Å². The van der Waals surface area contributed by atoms with Gasteiger partial charge in [0.15, 0.2) is 0 Å². The van der Waals surface area contributed by atoms with Crippen molar-refractivity contribution in [2.45, 2.75) is 18.4 Å². The number of benzene rings is 2. The Labute approximate surface area is 205 Å². The van der Waals surface area contributed by atoms with Crippen LogP contribution in [0.3, 0.4) is 0 Å². The van der Waals surface area contributed by atoms with Crippen LogP contribution in [0.4, 0.5) is 5.69 Å². The van der Waals surface area contributed by atoms with Crippen molar-refractivity contribution in [3.63, 3.8) is 0 Å². The maximum absolute atomic E-state index is 13.7. The number of likely N-dealkylation sites (N-methyl/N-ethyl adjacent to an activating group) is 1. The van der Waals surface area contributed by atoms with Crippen molar-refractivity contribution in [1.82, 2.24) is 14.7 Å². The molecule has 9 nitrogen and oxygen atoms in total. The van der Waals surface area contributed by atoms with Gasteiger partial charge in [-0.1, -0.05) is 18.2 Å². The number of ether oxygens (including phenoxy) is 2. The predicted octanol–water partition coefficient (Wildman–Crippen LogP) is 2.07. The molecule has 9 heteroatoms. The standard InChI is InChI=1S/C26H32N4O5/c1-27(2)23(31)17-29-18-30(20-8-6-5-7-9-20)26(25(29)33)10-12-28(13-11-26)24(32)19-14-21(34-3)16-22(15-19)35-4/h5-9,14-16H,10-13,17-18H2,1-4H3. The van der Waals surface area contributed by atoms with Crippen molar-refractivity contribution >= 4 is 23.4 Å². The van der Waals surface area contributed by atoms with Gasteiger partial charge in [-0.25, -0.2) is 0 Å². The number of likely N-dealkylation sites (tertiary alicyclic amines) is 1. The molecular weight excluding hydrogens is 448 g/mol. The van der Waals surface area contributed by atoms with Gasteiger partial charge in [-0.15, -0.1) is 0 Å². The van der Waals surface area contributed by atoms with Crippen LogP contribution in [0.25, 0.3) is 0 Å². The Kier molecular flexibility index (Phi) is 6.86. The van der Waals surface area contributed by atoms with Crippen LogP contribution in [-0.2, 0) is 9.59 Å². The first-order valence-corrected chi connectivity index (χ1v) is 11.6. The summed E-state index contributed by atoms with van der Waals surface area (Å²) in [6.45, 7) is 1.21. The number of para-hydroxylation sites is 1. The summed E-state index contributed by atoms with van der Waals surface area (Å²) in [5.41, 5.74) is 0.613. The quantitative estimate of drug-likeness (QED) is 0.630. The fourth-order valence-electron chi connectivity index (χ4n) is 4.82. The largest absolute Gasteiger partial charge is 0.497 e. The van der Waals surface area contributed by atoms with Crippen molar-refractivity contribution in [2.75, 3.05) is 59.5 Å². The molecule has 0 N–H and O–H groups in total. The van der Waals surface area contributed by atoms with Gasteiger partial charge in [-0.3, -0.25) is 14.4 Å². The number of methoxy groups -OCH3 is 2. The second-order valence-electron chi connectivity index (χ2n) is 9.12. The number of anilines is 1. The Bertz CT molecular complexity index is 1070. The van der Waals surface area contributed by atoms with Crippen molar-refractivity contribution < 1.29 is 23.9 Å². The summed E-state index contributed by atoms with van der Waals surface area (Å²) in [4.78, 5) is 46.4. The average molecular weight is 481 g/mol. The number of nitrogens with zero attached hydrogens (tertiary/aromatic N) is 4. The number of hydrogen-bond donors (Lipinski definition) is 0. The van der Waals surface area contributed by atoms with Crippen LogP contribution in [0.15, 0.2) is 48.5 Å². The van der Waals surface area contributed by atoms with E-state index < -0.39 is 5.54 Å². The lowest BCUT2D eigenvalue weighted by Gasteiger charge is -2.43. The summed E-state index contributed by atoms with van der Waals surface area (Å²) in [7, 11) is 6.46. The normalized spacial score (nSPS) is 17.0. The maximum atomic E-state index is 13.7. The van der Waals surface area contributed by atoms with Crippen LogP contribution in [0.5, 0.6) is 11.5 Å². The Hall–Kier alpha value is -3.75. The highest BCUT2D eigenvalue weighted by Crippen LogP contribution is 2.40. The minimum absolute atomic E-state index is 0.0309. The molecule has 0 aliphatic carbocycles. The third-order valence-electron chi connectivity index (χ3n) is 6.88. The van der Waals surface area contributed by atoms with E-state index in [0.29, 0.717) is 49.7 Å². The number of amides is 3. The number of carbonyl (C=O) groups excluding carboxylic acids is 3. The van der Waals surface area contributed by atoms with E-state index in [1.165, 1.54) is 4.90 Å². The van der Waals surface area contributed by atoms with Crippen molar-refractivity contribution in [3.05, 3.63) is 54.1 Å². The third-order valence-corrected chi connectivity index (χ3v) is 6.88. The van der Waals surface area contributed by atoms with Crippen molar-refractivity contribution in [2.24, 2.45) is 0 Å². The lowest BCUT2D eigenvalue weighted by atomic mass is 9.85. The van der Waals surface area contributed by atoms with Gasteiger partial charge < -0.3 is 29.1 Å². The highest BCUT2D eigenvalue weighted by atomic mass is 16.5. The predicted molar refractivity (Wildman–Crippen MR) is 132 cm³/mol. The van der Waals surface area contributed by atoms with Gasteiger partial charge in [0, 0.05) is 44.5 Å². The maximum Gasteiger partial charge on any atom is 0.254 e. The van der Waals surface area contributed by atoms with E-state index in [-0.39, 0.29) is 24.3 Å². The second-order valence-corrected chi connectivity index (χ2v) is 9.12. The van der Waals surface area contributed by atoms with Gasteiger partial charge in [0.05, 0.1) is 20.9 Å². The van der Waals surface area contributed by atoms with Crippen LogP contribution in [0, 0.1) is 0 Å². The zero-order valence-corrected chi connectivity index (χ0v) is 20.7. The van der Waals surface area contributed by atoms with Gasteiger partial charge in [0.2, 0.25) is 5.91 Å². The zero-order valence-electron chi connectivity index (χ0n) is 20.7. The molecule has 2 aliphatic heterocycles. The average Bonchev–Trinajstić information content (AvgIpc) is 3.14. The fraction of sp³-hybridized carbons (Fsp3) is 0.423. The Balaban J connectivity index is 1.57. The van der Waals surface area contributed by atoms with E-state index in [1.807, 2.05) is 30.3 Å². The highest BCUT2D eigenvalue weighted by Gasteiger charge is 2.54. The molecule has 2 fully saturated rings. The molecule has 2 saturated heterocycles.